The van der Waals surface area contributed by atoms with E-state index in [2.05, 4.69) is 46.8 Å². The van der Waals surface area contributed by atoms with E-state index in [9.17, 15) is 0 Å². The molecule has 0 aromatic heterocycles. The first-order chi connectivity index (χ1) is 7.61. The second kappa shape index (κ2) is 6.47. The molecule has 1 fully saturated rings. The van der Waals surface area contributed by atoms with Crippen molar-refractivity contribution in [2.75, 3.05) is 0 Å². The van der Waals surface area contributed by atoms with Crippen LogP contribution in [0.25, 0.3) is 0 Å². The molecule has 16 heavy (non-hydrogen) atoms. The Morgan fingerprint density at radius 1 is 1.19 bits per heavy atom. The van der Waals surface area contributed by atoms with Crippen molar-refractivity contribution < 1.29 is 0 Å². The van der Waals surface area contributed by atoms with Crippen molar-refractivity contribution in [1.29, 1.82) is 0 Å². The molecule has 1 aliphatic carbocycles. The summed E-state index contributed by atoms with van der Waals surface area (Å²) in [5, 5.41) is 0. The summed E-state index contributed by atoms with van der Waals surface area (Å²) in [6.07, 6.45) is 10.3. The van der Waals surface area contributed by atoms with Crippen LogP contribution < -0.4 is 0 Å². The summed E-state index contributed by atoms with van der Waals surface area (Å²) < 4.78 is 0. The van der Waals surface area contributed by atoms with Crippen LogP contribution in [0, 0.1) is 29.6 Å². The van der Waals surface area contributed by atoms with Crippen molar-refractivity contribution in [3.05, 3.63) is 12.2 Å². The predicted molar refractivity (Wildman–Crippen MR) is 73.4 cm³/mol. The van der Waals surface area contributed by atoms with Crippen molar-refractivity contribution in [3.63, 3.8) is 0 Å². The Morgan fingerprint density at radius 3 is 2.31 bits per heavy atom. The molecule has 0 aromatic rings. The van der Waals surface area contributed by atoms with Crippen LogP contribution in [0.1, 0.15) is 60.3 Å². The van der Waals surface area contributed by atoms with Gasteiger partial charge in [0.05, 0.1) is 0 Å². The van der Waals surface area contributed by atoms with Crippen LogP contribution >= 0.6 is 0 Å². The lowest BCUT2D eigenvalue weighted by Crippen LogP contribution is -2.05. The lowest BCUT2D eigenvalue weighted by Gasteiger charge is -2.16. The first-order valence-corrected chi connectivity index (χ1v) is 7.24. The summed E-state index contributed by atoms with van der Waals surface area (Å²) >= 11 is 0. The van der Waals surface area contributed by atoms with Gasteiger partial charge in [0, 0.05) is 0 Å². The molecule has 1 rings (SSSR count). The van der Waals surface area contributed by atoms with Gasteiger partial charge in [0.15, 0.2) is 0 Å². The Morgan fingerprint density at radius 2 is 1.88 bits per heavy atom. The normalized spacial score (nSPS) is 31.2. The number of hydrogen-bond acceptors (Lipinski definition) is 0. The monoisotopic (exact) mass is 222 g/mol. The minimum atomic E-state index is 0.801. The van der Waals surface area contributed by atoms with Crippen molar-refractivity contribution in [1.82, 2.24) is 0 Å². The van der Waals surface area contributed by atoms with Gasteiger partial charge in [0.25, 0.3) is 0 Å². The van der Waals surface area contributed by atoms with E-state index in [-0.39, 0.29) is 0 Å². The number of rotatable bonds is 7. The van der Waals surface area contributed by atoms with Crippen molar-refractivity contribution >= 4 is 0 Å². The highest BCUT2D eigenvalue weighted by Crippen LogP contribution is 2.51. The van der Waals surface area contributed by atoms with Crippen LogP contribution in [0.2, 0.25) is 0 Å². The topological polar surface area (TPSA) is 0 Å². The highest BCUT2D eigenvalue weighted by Gasteiger charge is 2.43. The fraction of sp³-hybridized carbons (Fsp3) is 0.875. The third kappa shape index (κ3) is 3.64. The molecule has 0 amide bonds. The molecule has 4 unspecified atom stereocenters. The van der Waals surface area contributed by atoms with Crippen molar-refractivity contribution in [3.8, 4) is 0 Å². The smallest absolute Gasteiger partial charge is 0.0211 e. The predicted octanol–water partition coefficient (Wildman–Crippen LogP) is 5.30. The van der Waals surface area contributed by atoms with E-state index in [0.29, 0.717) is 0 Å². The molecular weight excluding hydrogens is 192 g/mol. The van der Waals surface area contributed by atoms with E-state index < -0.39 is 0 Å². The van der Waals surface area contributed by atoms with Gasteiger partial charge in [0.1, 0.15) is 0 Å². The molecule has 0 saturated heterocycles. The zero-order valence-electron chi connectivity index (χ0n) is 11.9. The minimum absolute atomic E-state index is 0.801. The fourth-order valence-electron chi connectivity index (χ4n) is 3.28. The Balaban J connectivity index is 2.19. The molecule has 94 valence electrons. The quantitative estimate of drug-likeness (QED) is 0.513. The van der Waals surface area contributed by atoms with E-state index in [1.54, 1.807) is 0 Å². The van der Waals surface area contributed by atoms with E-state index in [4.69, 9.17) is 0 Å². The average Bonchev–Trinajstić information content (AvgIpc) is 2.87. The molecular formula is C16H30. The number of allylic oxidation sites excluding steroid dienone is 2. The maximum absolute atomic E-state index is 2.44. The molecule has 0 spiro atoms. The molecule has 0 bridgehead atoms. The van der Waals surface area contributed by atoms with Gasteiger partial charge >= 0.3 is 0 Å². The zero-order chi connectivity index (χ0) is 12.1. The van der Waals surface area contributed by atoms with Crippen LogP contribution in [0.4, 0.5) is 0 Å². The Labute approximate surface area is 103 Å². The maximum Gasteiger partial charge on any atom is -0.0211 e. The molecule has 0 nitrogen and oxygen atoms in total. The molecule has 1 aliphatic rings. The lowest BCUT2D eigenvalue weighted by atomic mass is 9.89. The number of hydrogen-bond donors (Lipinski definition) is 0. The Kier molecular flexibility index (Phi) is 5.58. The maximum atomic E-state index is 2.44. The summed E-state index contributed by atoms with van der Waals surface area (Å²) in [7, 11) is 0. The highest BCUT2D eigenvalue weighted by atomic mass is 14.5. The highest BCUT2D eigenvalue weighted by molar-refractivity contribution is 4.93. The van der Waals surface area contributed by atoms with E-state index in [1.807, 2.05) is 0 Å². The fourth-order valence-corrected chi connectivity index (χ4v) is 3.28. The summed E-state index contributed by atoms with van der Waals surface area (Å²) in [6, 6.07) is 0. The molecule has 0 N–H and O–H groups in total. The van der Waals surface area contributed by atoms with Crippen LogP contribution in [0.5, 0.6) is 0 Å². The SMILES string of the molecule is CC=CC(CCCC1C(C)C1CC)C(C)C. The van der Waals surface area contributed by atoms with Gasteiger partial charge in [-0.25, -0.2) is 0 Å². The molecule has 0 heterocycles. The first-order valence-electron chi connectivity index (χ1n) is 7.24. The third-order valence-electron chi connectivity index (χ3n) is 4.60. The van der Waals surface area contributed by atoms with Crippen LogP contribution in [0.3, 0.4) is 0 Å². The summed E-state index contributed by atoms with van der Waals surface area (Å²) in [4.78, 5) is 0. The van der Waals surface area contributed by atoms with E-state index in [0.717, 1.165) is 29.6 Å². The van der Waals surface area contributed by atoms with Gasteiger partial charge in [-0.05, 0) is 49.4 Å². The second-order valence-corrected chi connectivity index (χ2v) is 5.96. The minimum Gasteiger partial charge on any atom is -0.0914 e. The van der Waals surface area contributed by atoms with E-state index in [1.165, 1.54) is 25.7 Å². The summed E-state index contributed by atoms with van der Waals surface area (Å²) in [6.45, 7) is 11.6. The molecule has 0 aromatic carbocycles. The van der Waals surface area contributed by atoms with Gasteiger partial charge in [-0.2, -0.15) is 0 Å². The lowest BCUT2D eigenvalue weighted by molar-refractivity contribution is 0.408. The Bertz CT molecular complexity index is 214. The van der Waals surface area contributed by atoms with Gasteiger partial charge < -0.3 is 0 Å². The van der Waals surface area contributed by atoms with Crippen LogP contribution in [-0.4, -0.2) is 0 Å². The zero-order valence-corrected chi connectivity index (χ0v) is 11.9. The molecule has 0 aliphatic heterocycles. The molecule has 0 radical (unpaired) electrons. The molecule has 1 saturated carbocycles. The van der Waals surface area contributed by atoms with Gasteiger partial charge in [0.2, 0.25) is 0 Å². The third-order valence-corrected chi connectivity index (χ3v) is 4.60. The first kappa shape index (κ1) is 13.8. The Hall–Kier alpha value is -0.260. The van der Waals surface area contributed by atoms with Gasteiger partial charge in [-0.15, -0.1) is 0 Å². The second-order valence-electron chi connectivity index (χ2n) is 5.96. The average molecular weight is 222 g/mol. The summed E-state index contributed by atoms with van der Waals surface area (Å²) in [5.41, 5.74) is 0. The standard InChI is InChI=1S/C16H30/c1-6-9-14(12(3)4)10-8-11-16-13(5)15(16)7-2/h6,9,12-16H,7-8,10-11H2,1-5H3. The van der Waals surface area contributed by atoms with Gasteiger partial charge in [-0.1, -0.05) is 52.7 Å². The van der Waals surface area contributed by atoms with E-state index >= 15 is 0 Å². The van der Waals surface area contributed by atoms with Gasteiger partial charge in [-0.3, -0.25) is 0 Å². The summed E-state index contributed by atoms with van der Waals surface area (Å²) in [5.74, 6) is 4.74. The van der Waals surface area contributed by atoms with Crippen LogP contribution in [-0.2, 0) is 0 Å². The largest absolute Gasteiger partial charge is 0.0914 e. The van der Waals surface area contributed by atoms with Crippen LogP contribution in [0.15, 0.2) is 12.2 Å². The molecule has 4 atom stereocenters. The van der Waals surface area contributed by atoms with Crippen molar-refractivity contribution in [2.24, 2.45) is 29.6 Å². The molecule has 0 heteroatoms. The van der Waals surface area contributed by atoms with Crippen molar-refractivity contribution in [2.45, 2.75) is 60.3 Å².